The average Bonchev–Trinajstić information content (AvgIpc) is 2.48. The molecule has 0 radical (unpaired) electrons. The molecule has 2 rings (SSSR count). The van der Waals surface area contributed by atoms with Crippen molar-refractivity contribution >= 4 is 5.52 Å². The topological polar surface area (TPSA) is 17.3 Å². The zero-order valence-electron chi connectivity index (χ0n) is 7.66. The molecule has 0 atom stereocenters. The van der Waals surface area contributed by atoms with E-state index in [-0.39, 0.29) is 5.95 Å². The number of fused-ring (bicyclic) bond motifs is 1. The molecule has 2 aromatic heterocycles. The highest BCUT2D eigenvalue weighted by Gasteiger charge is 2.10. The Labute approximate surface area is 76.0 Å². The summed E-state index contributed by atoms with van der Waals surface area (Å²) >= 11 is 0. The molecule has 0 saturated heterocycles. The number of aromatic nitrogens is 2. The van der Waals surface area contributed by atoms with Crippen LogP contribution in [0.2, 0.25) is 0 Å². The Morgan fingerprint density at radius 1 is 1.46 bits per heavy atom. The van der Waals surface area contributed by atoms with Crippen LogP contribution >= 0.6 is 0 Å². The number of rotatable bonds is 1. The first-order chi connectivity index (χ1) is 6.20. The van der Waals surface area contributed by atoms with Gasteiger partial charge in [0.15, 0.2) is 0 Å². The third kappa shape index (κ3) is 1.20. The van der Waals surface area contributed by atoms with E-state index in [4.69, 9.17) is 0 Å². The third-order valence-electron chi connectivity index (χ3n) is 2.17. The number of nitrogens with zero attached hydrogens (tertiary/aromatic N) is 2. The highest BCUT2D eigenvalue weighted by Crippen LogP contribution is 2.21. The summed E-state index contributed by atoms with van der Waals surface area (Å²) in [5.41, 5.74) is 1.59. The summed E-state index contributed by atoms with van der Waals surface area (Å²) in [5, 5.41) is 0. The molecule has 0 unspecified atom stereocenters. The zero-order valence-corrected chi connectivity index (χ0v) is 7.66. The Kier molecular flexibility index (Phi) is 1.79. The van der Waals surface area contributed by atoms with Crippen LogP contribution in [0.3, 0.4) is 0 Å². The molecule has 2 nitrogen and oxygen atoms in total. The largest absolute Gasteiger partial charge is 0.303 e. The van der Waals surface area contributed by atoms with Gasteiger partial charge < -0.3 is 4.40 Å². The smallest absolute Gasteiger partial charge is 0.238 e. The Balaban J connectivity index is 2.80. The first kappa shape index (κ1) is 8.23. The first-order valence-electron chi connectivity index (χ1n) is 4.31. The van der Waals surface area contributed by atoms with E-state index >= 15 is 0 Å². The van der Waals surface area contributed by atoms with Gasteiger partial charge in [-0.25, -0.2) is 4.98 Å². The second kappa shape index (κ2) is 2.83. The van der Waals surface area contributed by atoms with Crippen LogP contribution in [-0.2, 0) is 0 Å². The van der Waals surface area contributed by atoms with Crippen LogP contribution in [0, 0.1) is 5.95 Å². The number of imidazole rings is 1. The van der Waals surface area contributed by atoms with Crippen molar-refractivity contribution in [2.45, 2.75) is 19.8 Å². The summed E-state index contributed by atoms with van der Waals surface area (Å²) < 4.78 is 14.9. The van der Waals surface area contributed by atoms with Crippen molar-refractivity contribution in [1.29, 1.82) is 0 Å². The fourth-order valence-electron chi connectivity index (χ4n) is 1.50. The van der Waals surface area contributed by atoms with Gasteiger partial charge in [0.1, 0.15) is 11.8 Å². The molecule has 13 heavy (non-hydrogen) atoms. The van der Waals surface area contributed by atoms with Gasteiger partial charge >= 0.3 is 0 Å². The second-order valence-electron chi connectivity index (χ2n) is 3.41. The van der Waals surface area contributed by atoms with Gasteiger partial charge in [0.05, 0.1) is 0 Å². The summed E-state index contributed by atoms with van der Waals surface area (Å²) in [6, 6.07) is 3.84. The molecular weight excluding hydrogens is 167 g/mol. The van der Waals surface area contributed by atoms with Gasteiger partial charge in [-0.05, 0) is 17.5 Å². The molecule has 0 amide bonds. The maximum Gasteiger partial charge on any atom is 0.238 e. The molecule has 0 spiro atoms. The SMILES string of the molecule is CC(C)c1cccn2cnc(F)c12. The summed E-state index contributed by atoms with van der Waals surface area (Å²) in [6.45, 7) is 4.09. The van der Waals surface area contributed by atoms with E-state index in [9.17, 15) is 4.39 Å². The molecular formula is C10H11FN2. The number of hydrogen-bond donors (Lipinski definition) is 0. The summed E-state index contributed by atoms with van der Waals surface area (Å²) in [4.78, 5) is 3.64. The molecule has 0 bridgehead atoms. The van der Waals surface area contributed by atoms with Gasteiger partial charge in [-0.3, -0.25) is 0 Å². The summed E-state index contributed by atoms with van der Waals surface area (Å²) in [5.74, 6) is -0.0702. The lowest BCUT2D eigenvalue weighted by Crippen LogP contribution is -1.93. The third-order valence-corrected chi connectivity index (χ3v) is 2.17. The molecule has 3 heteroatoms. The Morgan fingerprint density at radius 2 is 2.23 bits per heavy atom. The monoisotopic (exact) mass is 178 g/mol. The van der Waals surface area contributed by atoms with Crippen LogP contribution in [0.5, 0.6) is 0 Å². The molecule has 0 aliphatic rings. The Morgan fingerprint density at radius 3 is 2.92 bits per heavy atom. The van der Waals surface area contributed by atoms with E-state index in [1.807, 2.05) is 26.0 Å². The van der Waals surface area contributed by atoms with Crippen LogP contribution in [0.4, 0.5) is 4.39 Å². The average molecular weight is 178 g/mol. The molecule has 0 aliphatic heterocycles. The molecule has 2 heterocycles. The summed E-state index contributed by atoms with van der Waals surface area (Å²) in [7, 11) is 0. The predicted molar refractivity (Wildman–Crippen MR) is 49.2 cm³/mol. The molecule has 0 aliphatic carbocycles. The Hall–Kier alpha value is -1.38. The zero-order chi connectivity index (χ0) is 9.42. The van der Waals surface area contributed by atoms with Crippen LogP contribution in [0.25, 0.3) is 5.52 Å². The molecule has 68 valence electrons. The highest BCUT2D eigenvalue weighted by atomic mass is 19.1. The summed E-state index contributed by atoms with van der Waals surface area (Å²) in [6.07, 6.45) is 3.30. The predicted octanol–water partition coefficient (Wildman–Crippen LogP) is 2.60. The lowest BCUT2D eigenvalue weighted by molar-refractivity contribution is 0.599. The standard InChI is InChI=1S/C10H11FN2/c1-7(2)8-4-3-5-13-6-12-10(11)9(8)13/h3-7H,1-2H3. The first-order valence-corrected chi connectivity index (χ1v) is 4.31. The fourth-order valence-corrected chi connectivity index (χ4v) is 1.50. The molecule has 0 aromatic carbocycles. The fraction of sp³-hybridized carbons (Fsp3) is 0.300. The number of hydrogen-bond acceptors (Lipinski definition) is 1. The lowest BCUT2D eigenvalue weighted by Gasteiger charge is -2.06. The highest BCUT2D eigenvalue weighted by molar-refractivity contribution is 5.55. The number of pyridine rings is 1. The maximum atomic E-state index is 13.2. The van der Waals surface area contributed by atoms with Crippen LogP contribution in [0.1, 0.15) is 25.3 Å². The minimum atomic E-state index is -0.385. The number of halogens is 1. The molecule has 2 aromatic rings. The maximum absolute atomic E-state index is 13.2. The van der Waals surface area contributed by atoms with E-state index in [1.54, 1.807) is 10.6 Å². The van der Waals surface area contributed by atoms with Gasteiger partial charge in [0, 0.05) is 6.20 Å². The van der Waals surface area contributed by atoms with E-state index in [0.717, 1.165) is 5.56 Å². The molecule has 0 saturated carbocycles. The second-order valence-corrected chi connectivity index (χ2v) is 3.41. The van der Waals surface area contributed by atoms with Gasteiger partial charge in [-0.2, -0.15) is 4.39 Å². The van der Waals surface area contributed by atoms with Gasteiger partial charge in [0.2, 0.25) is 5.95 Å². The van der Waals surface area contributed by atoms with Gasteiger partial charge in [-0.1, -0.05) is 19.9 Å². The minimum Gasteiger partial charge on any atom is -0.303 e. The lowest BCUT2D eigenvalue weighted by atomic mass is 10.0. The van der Waals surface area contributed by atoms with Crippen molar-refractivity contribution < 1.29 is 4.39 Å². The minimum absolute atomic E-state index is 0.315. The van der Waals surface area contributed by atoms with Crippen molar-refractivity contribution in [2.75, 3.05) is 0 Å². The normalized spacial score (nSPS) is 11.4. The van der Waals surface area contributed by atoms with E-state index < -0.39 is 0 Å². The van der Waals surface area contributed by atoms with Crippen molar-refractivity contribution in [1.82, 2.24) is 9.38 Å². The van der Waals surface area contributed by atoms with E-state index in [0.29, 0.717) is 11.4 Å². The van der Waals surface area contributed by atoms with Gasteiger partial charge in [0.25, 0.3) is 0 Å². The van der Waals surface area contributed by atoms with E-state index in [1.165, 1.54) is 6.33 Å². The van der Waals surface area contributed by atoms with Crippen LogP contribution in [0.15, 0.2) is 24.7 Å². The van der Waals surface area contributed by atoms with Crippen molar-refractivity contribution in [3.05, 3.63) is 36.2 Å². The van der Waals surface area contributed by atoms with Crippen molar-refractivity contribution in [3.63, 3.8) is 0 Å². The van der Waals surface area contributed by atoms with E-state index in [2.05, 4.69) is 4.98 Å². The van der Waals surface area contributed by atoms with Crippen molar-refractivity contribution in [2.24, 2.45) is 0 Å². The molecule has 0 fully saturated rings. The quantitative estimate of drug-likeness (QED) is 0.656. The van der Waals surface area contributed by atoms with Crippen molar-refractivity contribution in [3.8, 4) is 0 Å². The molecule has 0 N–H and O–H groups in total. The Bertz CT molecular complexity index is 431. The van der Waals surface area contributed by atoms with Crippen LogP contribution < -0.4 is 0 Å². The van der Waals surface area contributed by atoms with Crippen LogP contribution in [-0.4, -0.2) is 9.38 Å². The van der Waals surface area contributed by atoms with Gasteiger partial charge in [-0.15, -0.1) is 0 Å².